The first kappa shape index (κ1) is 59.0. The molecule has 0 aromatic heterocycles. The van der Waals surface area contributed by atoms with Crippen LogP contribution >= 0.6 is 0 Å². The topological polar surface area (TPSA) is 3.24 Å². The lowest BCUT2D eigenvalue weighted by molar-refractivity contribution is 0.0495. The van der Waals surface area contributed by atoms with E-state index >= 15 is 0 Å². The highest BCUT2D eigenvalue weighted by atomic mass is 15.2. The van der Waals surface area contributed by atoms with Gasteiger partial charge < -0.3 is 0 Å². The smallest absolute Gasteiger partial charge is 0.0209 e. The summed E-state index contributed by atoms with van der Waals surface area (Å²) in [7, 11) is 0. The molecule has 0 saturated heterocycles. The molecule has 0 unspecified atom stereocenters. The first-order valence-corrected chi connectivity index (χ1v) is 29.0. The summed E-state index contributed by atoms with van der Waals surface area (Å²) in [4.78, 5) is 3.15. The number of unbranched alkanes of at least 4 members (excludes halogenated alkanes) is 42. The summed E-state index contributed by atoms with van der Waals surface area (Å²) in [5.74, 6) is 0. The highest BCUT2D eigenvalue weighted by Gasteiger charge is 2.34. The Bertz CT molecular complexity index is 681. The largest absolute Gasteiger partial charge is 0.298 e. The highest BCUT2D eigenvalue weighted by molar-refractivity contribution is 4.91. The van der Waals surface area contributed by atoms with E-state index in [0.29, 0.717) is 5.54 Å². The van der Waals surface area contributed by atoms with Crippen LogP contribution < -0.4 is 0 Å². The molecule has 0 saturated carbocycles. The lowest BCUT2D eigenvalue weighted by Gasteiger charge is -2.46. The van der Waals surface area contributed by atoms with Gasteiger partial charge in [0.05, 0.1) is 0 Å². The quantitative estimate of drug-likeness (QED) is 0.0552. The SMILES string of the molecule is CCCCCCCCCCCCCCCCCCCCN(CCCCCCCCCCCCCCCCCCCC)C(CCCC)(CCCC)CCCCCCCCC. The predicted octanol–water partition coefficient (Wildman–Crippen LogP) is 21.6. The molecule has 0 spiro atoms. The van der Waals surface area contributed by atoms with Crippen LogP contribution in [0.4, 0.5) is 0 Å². The minimum Gasteiger partial charge on any atom is -0.298 e. The number of rotatable bonds is 53. The second kappa shape index (κ2) is 50.6. The van der Waals surface area contributed by atoms with Crippen molar-refractivity contribution in [2.75, 3.05) is 13.1 Å². The molecular weight excluding hydrogens is 711 g/mol. The maximum Gasteiger partial charge on any atom is 0.0209 e. The molecule has 0 aliphatic rings. The van der Waals surface area contributed by atoms with Gasteiger partial charge in [0, 0.05) is 5.54 Å². The van der Waals surface area contributed by atoms with Crippen LogP contribution in [0.15, 0.2) is 0 Å². The van der Waals surface area contributed by atoms with Crippen LogP contribution in [0.2, 0.25) is 0 Å². The predicted molar refractivity (Wildman–Crippen MR) is 274 cm³/mol. The fourth-order valence-electron chi connectivity index (χ4n) is 10.3. The van der Waals surface area contributed by atoms with Gasteiger partial charge >= 0.3 is 0 Å². The minimum atomic E-state index is 0.471. The summed E-state index contributed by atoms with van der Waals surface area (Å²) in [6.45, 7) is 14.6. The van der Waals surface area contributed by atoms with Crippen molar-refractivity contribution in [3.63, 3.8) is 0 Å². The van der Waals surface area contributed by atoms with E-state index in [-0.39, 0.29) is 0 Å². The van der Waals surface area contributed by atoms with Gasteiger partial charge in [0.2, 0.25) is 0 Å². The Morgan fingerprint density at radius 1 is 0.186 bits per heavy atom. The van der Waals surface area contributed by atoms with E-state index in [1.165, 1.54) is 334 Å². The molecule has 356 valence electrons. The van der Waals surface area contributed by atoms with E-state index in [9.17, 15) is 0 Å². The molecule has 0 aromatic carbocycles. The van der Waals surface area contributed by atoms with Crippen molar-refractivity contribution in [2.24, 2.45) is 0 Å². The lowest BCUT2D eigenvalue weighted by atomic mass is 9.80. The maximum atomic E-state index is 3.15. The molecule has 0 atom stereocenters. The fourth-order valence-corrected chi connectivity index (χ4v) is 10.3. The Labute approximate surface area is 377 Å². The molecule has 0 rings (SSSR count). The van der Waals surface area contributed by atoms with Gasteiger partial charge in [-0.05, 0) is 45.2 Å². The Balaban J connectivity index is 4.65. The monoisotopic (exact) mass is 830 g/mol. The van der Waals surface area contributed by atoms with Crippen LogP contribution in [0.3, 0.4) is 0 Å². The normalized spacial score (nSPS) is 12.1. The lowest BCUT2D eigenvalue weighted by Crippen LogP contribution is -2.50. The molecule has 0 aromatic rings. The summed E-state index contributed by atoms with van der Waals surface area (Å²) < 4.78 is 0. The van der Waals surface area contributed by atoms with Gasteiger partial charge in [-0.15, -0.1) is 0 Å². The molecule has 0 bridgehead atoms. The zero-order valence-corrected chi connectivity index (χ0v) is 42.7. The molecule has 1 nitrogen and oxygen atoms in total. The summed E-state index contributed by atoms with van der Waals surface area (Å²) in [5.41, 5.74) is 0.471. The van der Waals surface area contributed by atoms with Gasteiger partial charge in [-0.25, -0.2) is 0 Å². The molecule has 0 N–H and O–H groups in total. The molecule has 0 heterocycles. The zero-order chi connectivity index (χ0) is 42.8. The van der Waals surface area contributed by atoms with Crippen molar-refractivity contribution in [1.82, 2.24) is 4.90 Å². The minimum absolute atomic E-state index is 0.471. The summed E-state index contributed by atoms with van der Waals surface area (Å²) >= 11 is 0. The van der Waals surface area contributed by atoms with E-state index < -0.39 is 0 Å². The molecule has 0 radical (unpaired) electrons. The Morgan fingerprint density at radius 3 is 0.576 bits per heavy atom. The Hall–Kier alpha value is -0.0400. The van der Waals surface area contributed by atoms with Crippen molar-refractivity contribution >= 4 is 0 Å². The third kappa shape index (κ3) is 41.7. The second-order valence-electron chi connectivity index (χ2n) is 20.3. The highest BCUT2D eigenvalue weighted by Crippen LogP contribution is 2.35. The van der Waals surface area contributed by atoms with Crippen molar-refractivity contribution in [3.05, 3.63) is 0 Å². The van der Waals surface area contributed by atoms with Crippen molar-refractivity contribution in [1.29, 1.82) is 0 Å². The number of hydrogen-bond donors (Lipinski definition) is 0. The van der Waals surface area contributed by atoms with Gasteiger partial charge in [-0.3, -0.25) is 4.90 Å². The van der Waals surface area contributed by atoms with Crippen molar-refractivity contribution in [3.8, 4) is 0 Å². The van der Waals surface area contributed by atoms with E-state index in [1.54, 1.807) is 0 Å². The van der Waals surface area contributed by atoms with E-state index in [4.69, 9.17) is 0 Å². The molecule has 0 aliphatic heterocycles. The fraction of sp³-hybridized carbons (Fsp3) is 1.00. The molecule has 1 heteroatoms. The third-order valence-electron chi connectivity index (χ3n) is 14.5. The van der Waals surface area contributed by atoms with E-state index in [1.807, 2.05) is 0 Å². The average Bonchev–Trinajstić information content (AvgIpc) is 3.25. The average molecular weight is 831 g/mol. The van der Waals surface area contributed by atoms with E-state index in [2.05, 4.69) is 39.5 Å². The van der Waals surface area contributed by atoms with Crippen LogP contribution in [0.25, 0.3) is 0 Å². The van der Waals surface area contributed by atoms with Crippen LogP contribution in [0, 0.1) is 0 Å². The summed E-state index contributed by atoms with van der Waals surface area (Å²) in [5, 5.41) is 0. The van der Waals surface area contributed by atoms with Crippen LogP contribution in [0.5, 0.6) is 0 Å². The zero-order valence-electron chi connectivity index (χ0n) is 42.7. The summed E-state index contributed by atoms with van der Waals surface area (Å²) in [6.07, 6.45) is 73.0. The first-order valence-electron chi connectivity index (χ1n) is 29.0. The summed E-state index contributed by atoms with van der Waals surface area (Å²) in [6, 6.07) is 0. The van der Waals surface area contributed by atoms with Gasteiger partial charge in [0.1, 0.15) is 0 Å². The Morgan fingerprint density at radius 2 is 0.356 bits per heavy atom. The van der Waals surface area contributed by atoms with Crippen LogP contribution in [-0.2, 0) is 0 Å². The first-order chi connectivity index (χ1) is 29.2. The van der Waals surface area contributed by atoms with Gasteiger partial charge in [0.15, 0.2) is 0 Å². The van der Waals surface area contributed by atoms with Crippen molar-refractivity contribution in [2.45, 2.75) is 361 Å². The van der Waals surface area contributed by atoms with Gasteiger partial charge in [0.25, 0.3) is 0 Å². The number of nitrogens with zero attached hydrogens (tertiary/aromatic N) is 1. The van der Waals surface area contributed by atoms with Gasteiger partial charge in [-0.1, -0.05) is 324 Å². The van der Waals surface area contributed by atoms with Crippen LogP contribution in [-0.4, -0.2) is 23.5 Å². The number of hydrogen-bond acceptors (Lipinski definition) is 1. The maximum absolute atomic E-state index is 3.15. The van der Waals surface area contributed by atoms with Crippen LogP contribution in [0.1, 0.15) is 356 Å². The second-order valence-corrected chi connectivity index (χ2v) is 20.3. The molecule has 0 amide bonds. The molecule has 0 fully saturated rings. The van der Waals surface area contributed by atoms with Crippen molar-refractivity contribution < 1.29 is 0 Å². The van der Waals surface area contributed by atoms with Gasteiger partial charge in [-0.2, -0.15) is 0 Å². The standard InChI is InChI=1S/C58H119N/c1-6-11-16-19-22-24-26-28-30-32-34-36-38-40-42-45-48-51-56-59(58(53-14-9-4,54-15-10-5)55-50-47-44-21-18-13-8-3)57-52-49-46-43-41-39-37-35-33-31-29-27-25-23-20-17-12-7-2/h6-57H2,1-5H3. The molecular formula is C58H119N. The Kier molecular flexibility index (Phi) is 50.6. The molecule has 0 aliphatic carbocycles. The third-order valence-corrected chi connectivity index (χ3v) is 14.5. The van der Waals surface area contributed by atoms with E-state index in [0.717, 1.165) is 0 Å². The molecule has 59 heavy (non-hydrogen) atoms.